The summed E-state index contributed by atoms with van der Waals surface area (Å²) in [5.74, 6) is 0. The summed E-state index contributed by atoms with van der Waals surface area (Å²) in [5.41, 5.74) is 0.398. The maximum Gasteiger partial charge on any atom is 0.240 e. The standard InChI is InChI=1S/C13H20ClNO4S/c1-19-8-4-2-3-7-15-20(17,18)12-5-6-13(14)11(9-12)10-16/h5-6,9,15-16H,2-4,7-8,10H2,1H3. The van der Waals surface area contributed by atoms with Crippen LogP contribution >= 0.6 is 11.6 Å². The molecule has 1 aromatic carbocycles. The van der Waals surface area contributed by atoms with E-state index in [2.05, 4.69) is 4.72 Å². The minimum absolute atomic E-state index is 0.114. The topological polar surface area (TPSA) is 75.6 Å². The summed E-state index contributed by atoms with van der Waals surface area (Å²) >= 11 is 5.83. The van der Waals surface area contributed by atoms with Crippen molar-refractivity contribution < 1.29 is 18.3 Å². The first-order valence-electron chi connectivity index (χ1n) is 6.39. The molecule has 0 fully saturated rings. The van der Waals surface area contributed by atoms with Gasteiger partial charge in [0.25, 0.3) is 0 Å². The van der Waals surface area contributed by atoms with Crippen molar-refractivity contribution in [2.45, 2.75) is 30.8 Å². The molecule has 0 aromatic heterocycles. The maximum atomic E-state index is 12.0. The first kappa shape index (κ1) is 17.4. The number of benzene rings is 1. The molecule has 0 atom stereocenters. The predicted molar refractivity (Wildman–Crippen MR) is 78.3 cm³/mol. The van der Waals surface area contributed by atoms with Crippen LogP contribution in [0.5, 0.6) is 0 Å². The summed E-state index contributed by atoms with van der Waals surface area (Å²) < 4.78 is 31.5. The van der Waals surface area contributed by atoms with Crippen LogP contribution in [0.2, 0.25) is 5.02 Å². The highest BCUT2D eigenvalue weighted by atomic mass is 35.5. The Balaban J connectivity index is 2.56. The van der Waals surface area contributed by atoms with Crippen molar-refractivity contribution in [1.82, 2.24) is 4.72 Å². The van der Waals surface area contributed by atoms with Crippen LogP contribution in [0.3, 0.4) is 0 Å². The van der Waals surface area contributed by atoms with E-state index in [0.717, 1.165) is 19.3 Å². The van der Waals surface area contributed by atoms with Crippen LogP contribution in [0.1, 0.15) is 24.8 Å². The molecule has 0 spiro atoms. The fourth-order valence-electron chi connectivity index (χ4n) is 1.68. The van der Waals surface area contributed by atoms with Crippen molar-refractivity contribution in [1.29, 1.82) is 0 Å². The minimum Gasteiger partial charge on any atom is -0.392 e. The molecule has 7 heteroatoms. The Hall–Kier alpha value is -0.660. The lowest BCUT2D eigenvalue weighted by molar-refractivity contribution is 0.192. The van der Waals surface area contributed by atoms with Gasteiger partial charge in [-0.15, -0.1) is 0 Å². The Morgan fingerprint density at radius 2 is 2.05 bits per heavy atom. The Morgan fingerprint density at radius 3 is 2.70 bits per heavy atom. The third-order valence-electron chi connectivity index (χ3n) is 2.82. The minimum atomic E-state index is -3.55. The zero-order valence-electron chi connectivity index (χ0n) is 11.4. The molecule has 20 heavy (non-hydrogen) atoms. The van der Waals surface area contributed by atoms with Gasteiger partial charge < -0.3 is 9.84 Å². The fourth-order valence-corrected chi connectivity index (χ4v) is 2.98. The van der Waals surface area contributed by atoms with Gasteiger partial charge in [0.05, 0.1) is 11.5 Å². The highest BCUT2D eigenvalue weighted by Gasteiger charge is 2.14. The van der Waals surface area contributed by atoms with Gasteiger partial charge in [-0.1, -0.05) is 11.6 Å². The first-order valence-corrected chi connectivity index (χ1v) is 8.25. The molecular weight excluding hydrogens is 302 g/mol. The molecule has 0 unspecified atom stereocenters. The van der Waals surface area contributed by atoms with Gasteiger partial charge in [-0.25, -0.2) is 13.1 Å². The van der Waals surface area contributed by atoms with Crippen LogP contribution in [0.15, 0.2) is 23.1 Å². The van der Waals surface area contributed by atoms with Gasteiger partial charge in [0.2, 0.25) is 10.0 Å². The second-order valence-corrected chi connectivity index (χ2v) is 6.54. The van der Waals surface area contributed by atoms with E-state index in [1.54, 1.807) is 7.11 Å². The average Bonchev–Trinajstić information content (AvgIpc) is 2.43. The lowest BCUT2D eigenvalue weighted by Gasteiger charge is -2.08. The van der Waals surface area contributed by atoms with Crippen LogP contribution in [-0.2, 0) is 21.4 Å². The van der Waals surface area contributed by atoms with Crippen LogP contribution < -0.4 is 4.72 Å². The Morgan fingerprint density at radius 1 is 1.30 bits per heavy atom. The Bertz CT molecular complexity index is 519. The van der Waals surface area contributed by atoms with Crippen molar-refractivity contribution in [2.24, 2.45) is 0 Å². The van der Waals surface area contributed by atoms with E-state index in [4.69, 9.17) is 21.4 Å². The molecule has 0 aliphatic carbocycles. The molecule has 1 rings (SSSR count). The van der Waals surface area contributed by atoms with Crippen LogP contribution in [0, 0.1) is 0 Å². The average molecular weight is 322 g/mol. The Labute approximate surface area is 125 Å². The molecular formula is C13H20ClNO4S. The number of methoxy groups -OCH3 is 1. The number of ether oxygens (including phenoxy) is 1. The molecule has 0 heterocycles. The molecule has 5 nitrogen and oxygen atoms in total. The zero-order valence-corrected chi connectivity index (χ0v) is 13.0. The van der Waals surface area contributed by atoms with Crippen molar-refractivity contribution in [3.63, 3.8) is 0 Å². The van der Waals surface area contributed by atoms with Crippen molar-refractivity contribution in [3.8, 4) is 0 Å². The van der Waals surface area contributed by atoms with E-state index in [1.165, 1.54) is 18.2 Å². The summed E-state index contributed by atoms with van der Waals surface area (Å²) in [4.78, 5) is 0.114. The fraction of sp³-hybridized carbons (Fsp3) is 0.538. The summed E-state index contributed by atoms with van der Waals surface area (Å²) in [5, 5.41) is 9.45. The van der Waals surface area contributed by atoms with E-state index in [1.807, 2.05) is 0 Å². The number of hydrogen-bond donors (Lipinski definition) is 2. The largest absolute Gasteiger partial charge is 0.392 e. The molecule has 0 bridgehead atoms. The maximum absolute atomic E-state index is 12.0. The smallest absolute Gasteiger partial charge is 0.240 e. The predicted octanol–water partition coefficient (Wildman–Crippen LogP) is 1.93. The molecule has 2 N–H and O–H groups in total. The lowest BCUT2D eigenvalue weighted by atomic mass is 10.2. The molecule has 0 amide bonds. The van der Waals surface area contributed by atoms with Crippen LogP contribution in [0.25, 0.3) is 0 Å². The number of hydrogen-bond acceptors (Lipinski definition) is 4. The van der Waals surface area contributed by atoms with Gasteiger partial charge in [-0.05, 0) is 43.0 Å². The molecule has 1 aromatic rings. The molecule has 114 valence electrons. The SMILES string of the molecule is COCCCCCNS(=O)(=O)c1ccc(Cl)c(CO)c1. The van der Waals surface area contributed by atoms with E-state index >= 15 is 0 Å². The van der Waals surface area contributed by atoms with Gasteiger partial charge in [-0.2, -0.15) is 0 Å². The number of unbranched alkanes of at least 4 members (excludes halogenated alkanes) is 2. The summed E-state index contributed by atoms with van der Waals surface area (Å²) in [6.45, 7) is 0.770. The summed E-state index contributed by atoms with van der Waals surface area (Å²) in [6, 6.07) is 4.28. The first-order chi connectivity index (χ1) is 9.51. The number of nitrogens with one attached hydrogen (secondary N) is 1. The normalized spacial score (nSPS) is 11.8. The van der Waals surface area contributed by atoms with Crippen LogP contribution in [0.4, 0.5) is 0 Å². The Kier molecular flexibility index (Phi) is 7.47. The van der Waals surface area contributed by atoms with Gasteiger partial charge >= 0.3 is 0 Å². The third-order valence-corrected chi connectivity index (χ3v) is 4.64. The quantitative estimate of drug-likeness (QED) is 0.681. The highest BCUT2D eigenvalue weighted by molar-refractivity contribution is 7.89. The number of sulfonamides is 1. The number of aliphatic hydroxyl groups is 1. The van der Waals surface area contributed by atoms with E-state index in [-0.39, 0.29) is 11.5 Å². The number of aliphatic hydroxyl groups excluding tert-OH is 1. The molecule has 0 radical (unpaired) electrons. The van der Waals surface area contributed by atoms with Gasteiger partial charge in [-0.3, -0.25) is 0 Å². The highest BCUT2D eigenvalue weighted by Crippen LogP contribution is 2.20. The van der Waals surface area contributed by atoms with Crippen molar-refractivity contribution in [3.05, 3.63) is 28.8 Å². The van der Waals surface area contributed by atoms with E-state index < -0.39 is 10.0 Å². The third kappa shape index (κ3) is 5.38. The lowest BCUT2D eigenvalue weighted by Crippen LogP contribution is -2.25. The van der Waals surface area contributed by atoms with E-state index in [0.29, 0.717) is 23.7 Å². The zero-order chi connectivity index (χ0) is 15.0. The molecule has 0 saturated heterocycles. The second-order valence-electron chi connectivity index (χ2n) is 4.36. The van der Waals surface area contributed by atoms with Gasteiger partial charge in [0.15, 0.2) is 0 Å². The molecule has 0 aliphatic heterocycles. The van der Waals surface area contributed by atoms with Crippen molar-refractivity contribution >= 4 is 21.6 Å². The van der Waals surface area contributed by atoms with Crippen molar-refractivity contribution in [2.75, 3.05) is 20.3 Å². The number of halogens is 1. The van der Waals surface area contributed by atoms with E-state index in [9.17, 15) is 8.42 Å². The molecule has 0 saturated carbocycles. The number of rotatable bonds is 9. The second kappa shape index (κ2) is 8.59. The van der Waals surface area contributed by atoms with Gasteiger partial charge in [0.1, 0.15) is 0 Å². The van der Waals surface area contributed by atoms with Crippen LogP contribution in [-0.4, -0.2) is 33.8 Å². The summed E-state index contributed by atoms with van der Waals surface area (Å²) in [6.07, 6.45) is 2.57. The molecule has 0 aliphatic rings. The monoisotopic (exact) mass is 321 g/mol. The van der Waals surface area contributed by atoms with Gasteiger partial charge in [0, 0.05) is 25.3 Å². The summed E-state index contributed by atoms with van der Waals surface area (Å²) in [7, 11) is -1.91.